The highest BCUT2D eigenvalue weighted by atomic mass is 35.5. The average Bonchev–Trinajstić information content (AvgIpc) is 3.29. The minimum absolute atomic E-state index is 0.00218. The predicted molar refractivity (Wildman–Crippen MR) is 125 cm³/mol. The SMILES string of the molecule is C=CCOc1ccc(C2c3c(oc4ccc(Cl)cc4c3=O)C(=O)N2C2CCS(=O)(=O)C2)cc1. The van der Waals surface area contributed by atoms with Gasteiger partial charge in [-0.3, -0.25) is 9.59 Å². The number of benzene rings is 2. The first-order valence-corrected chi connectivity index (χ1v) is 12.6. The summed E-state index contributed by atoms with van der Waals surface area (Å²) in [5, 5.41) is 0.643. The van der Waals surface area contributed by atoms with Gasteiger partial charge in [-0.25, -0.2) is 8.42 Å². The summed E-state index contributed by atoms with van der Waals surface area (Å²) in [6, 6.07) is 10.3. The lowest BCUT2D eigenvalue weighted by Gasteiger charge is -2.30. The Balaban J connectivity index is 1.69. The molecule has 1 aromatic heterocycles. The number of ether oxygens (including phenoxy) is 1. The van der Waals surface area contributed by atoms with Crippen LogP contribution < -0.4 is 10.2 Å². The van der Waals surface area contributed by atoms with Gasteiger partial charge in [0.05, 0.1) is 28.5 Å². The molecular formula is C24H20ClNO6S. The van der Waals surface area contributed by atoms with E-state index in [1.165, 1.54) is 11.0 Å². The number of halogens is 1. The van der Waals surface area contributed by atoms with E-state index in [2.05, 4.69) is 6.58 Å². The van der Waals surface area contributed by atoms with Crippen molar-refractivity contribution in [3.8, 4) is 5.75 Å². The van der Waals surface area contributed by atoms with Gasteiger partial charge in [-0.15, -0.1) is 0 Å². The molecule has 2 unspecified atom stereocenters. The van der Waals surface area contributed by atoms with Crippen molar-refractivity contribution < 1.29 is 22.4 Å². The smallest absolute Gasteiger partial charge is 0.291 e. The second-order valence-electron chi connectivity index (χ2n) is 8.16. The molecule has 0 aliphatic carbocycles. The fourth-order valence-corrected chi connectivity index (χ4v) is 6.45. The number of carbonyl (C=O) groups excluding carboxylic acids is 1. The highest BCUT2D eigenvalue weighted by Crippen LogP contribution is 2.41. The quantitative estimate of drug-likeness (QED) is 0.511. The van der Waals surface area contributed by atoms with E-state index in [-0.39, 0.29) is 39.2 Å². The molecular weight excluding hydrogens is 466 g/mol. The molecule has 2 atom stereocenters. The molecule has 2 aliphatic rings. The molecule has 0 spiro atoms. The third-order valence-electron chi connectivity index (χ3n) is 6.03. The fraction of sp³-hybridized carbons (Fsp3) is 0.250. The summed E-state index contributed by atoms with van der Waals surface area (Å²) in [5.41, 5.74) is 0.747. The number of sulfone groups is 1. The third kappa shape index (κ3) is 3.73. The topological polar surface area (TPSA) is 93.9 Å². The van der Waals surface area contributed by atoms with E-state index in [4.69, 9.17) is 20.8 Å². The molecule has 170 valence electrons. The van der Waals surface area contributed by atoms with Crippen LogP contribution in [0.1, 0.15) is 34.1 Å². The number of hydrogen-bond donors (Lipinski definition) is 0. The Kier molecular flexibility index (Phi) is 5.29. The van der Waals surface area contributed by atoms with Gasteiger partial charge in [-0.05, 0) is 42.3 Å². The van der Waals surface area contributed by atoms with Crippen molar-refractivity contribution in [3.63, 3.8) is 0 Å². The summed E-state index contributed by atoms with van der Waals surface area (Å²) < 4.78 is 35.8. The molecule has 1 saturated heterocycles. The van der Waals surface area contributed by atoms with Gasteiger partial charge in [0.15, 0.2) is 15.3 Å². The van der Waals surface area contributed by atoms with Crippen LogP contribution in [-0.2, 0) is 9.84 Å². The summed E-state index contributed by atoms with van der Waals surface area (Å²) in [5.74, 6) is -0.0918. The van der Waals surface area contributed by atoms with Crippen LogP contribution in [0.5, 0.6) is 5.75 Å². The predicted octanol–water partition coefficient (Wildman–Crippen LogP) is 3.74. The first-order valence-electron chi connectivity index (χ1n) is 10.4. The zero-order valence-corrected chi connectivity index (χ0v) is 19.1. The number of amides is 1. The van der Waals surface area contributed by atoms with Gasteiger partial charge in [0.2, 0.25) is 5.76 Å². The van der Waals surface area contributed by atoms with Crippen LogP contribution in [0, 0.1) is 0 Å². The van der Waals surface area contributed by atoms with Crippen LogP contribution in [0.25, 0.3) is 11.0 Å². The zero-order chi connectivity index (χ0) is 23.3. The molecule has 0 bridgehead atoms. The molecule has 1 fully saturated rings. The summed E-state index contributed by atoms with van der Waals surface area (Å²) >= 11 is 6.10. The summed E-state index contributed by atoms with van der Waals surface area (Å²) in [6.07, 6.45) is 1.93. The molecule has 2 aliphatic heterocycles. The molecule has 33 heavy (non-hydrogen) atoms. The van der Waals surface area contributed by atoms with Crippen LogP contribution in [-0.4, -0.2) is 43.4 Å². The van der Waals surface area contributed by atoms with Crippen molar-refractivity contribution in [2.75, 3.05) is 18.1 Å². The third-order valence-corrected chi connectivity index (χ3v) is 8.02. The van der Waals surface area contributed by atoms with E-state index in [9.17, 15) is 18.0 Å². The second-order valence-corrected chi connectivity index (χ2v) is 10.8. The van der Waals surface area contributed by atoms with Crippen molar-refractivity contribution >= 4 is 38.3 Å². The van der Waals surface area contributed by atoms with E-state index in [1.54, 1.807) is 42.5 Å². The highest BCUT2D eigenvalue weighted by Gasteiger charge is 2.48. The molecule has 5 rings (SSSR count). The van der Waals surface area contributed by atoms with Gasteiger partial charge >= 0.3 is 0 Å². The summed E-state index contributed by atoms with van der Waals surface area (Å²) in [6.45, 7) is 3.96. The van der Waals surface area contributed by atoms with Gasteiger partial charge in [0.25, 0.3) is 5.91 Å². The van der Waals surface area contributed by atoms with Crippen molar-refractivity contribution in [2.45, 2.75) is 18.5 Å². The van der Waals surface area contributed by atoms with Gasteiger partial charge < -0.3 is 14.1 Å². The van der Waals surface area contributed by atoms with Crippen molar-refractivity contribution in [3.05, 3.63) is 87.3 Å². The second kappa shape index (κ2) is 8.04. The molecule has 7 nitrogen and oxygen atoms in total. The standard InChI is InChI=1S/C24H20ClNO6S/c1-2-10-31-17-6-3-14(4-7-17)21-20-22(27)18-12-15(25)5-8-19(18)32-23(20)24(28)26(21)16-9-11-33(29,30)13-16/h2-8,12,16,21H,1,9-11,13H2. The molecule has 3 heterocycles. The Labute approximate surface area is 195 Å². The number of fused-ring (bicyclic) bond motifs is 2. The Morgan fingerprint density at radius 1 is 1.18 bits per heavy atom. The fourth-order valence-electron chi connectivity index (χ4n) is 4.56. The lowest BCUT2D eigenvalue weighted by molar-refractivity contribution is 0.0662. The monoisotopic (exact) mass is 485 g/mol. The molecule has 3 aromatic rings. The van der Waals surface area contributed by atoms with Crippen LogP contribution in [0.15, 0.2) is 64.3 Å². The molecule has 0 saturated carbocycles. The Hall–Kier alpha value is -3.10. The minimum Gasteiger partial charge on any atom is -0.490 e. The molecule has 0 N–H and O–H groups in total. The lowest BCUT2D eigenvalue weighted by Crippen LogP contribution is -2.40. The van der Waals surface area contributed by atoms with Crippen molar-refractivity contribution in [1.29, 1.82) is 0 Å². The van der Waals surface area contributed by atoms with Gasteiger partial charge in [-0.2, -0.15) is 0 Å². The van der Waals surface area contributed by atoms with E-state index < -0.39 is 27.8 Å². The maximum absolute atomic E-state index is 13.5. The van der Waals surface area contributed by atoms with E-state index in [0.717, 1.165) is 0 Å². The van der Waals surface area contributed by atoms with Crippen molar-refractivity contribution in [2.24, 2.45) is 0 Å². The Morgan fingerprint density at radius 3 is 2.61 bits per heavy atom. The van der Waals surface area contributed by atoms with Crippen molar-refractivity contribution in [1.82, 2.24) is 4.90 Å². The molecule has 0 radical (unpaired) electrons. The van der Waals surface area contributed by atoms with Gasteiger partial charge in [0.1, 0.15) is 17.9 Å². The normalized spacial score (nSPS) is 21.4. The minimum atomic E-state index is -3.27. The lowest BCUT2D eigenvalue weighted by atomic mass is 9.97. The first kappa shape index (κ1) is 21.7. The largest absolute Gasteiger partial charge is 0.490 e. The molecule has 9 heteroatoms. The maximum atomic E-state index is 13.5. The number of carbonyl (C=O) groups is 1. The van der Waals surface area contributed by atoms with E-state index in [1.807, 2.05) is 0 Å². The highest BCUT2D eigenvalue weighted by molar-refractivity contribution is 7.91. The van der Waals surface area contributed by atoms with Crippen LogP contribution in [0.4, 0.5) is 0 Å². The number of nitrogens with zero attached hydrogens (tertiary/aromatic N) is 1. The van der Waals surface area contributed by atoms with E-state index >= 15 is 0 Å². The summed E-state index contributed by atoms with van der Waals surface area (Å²) in [4.78, 5) is 28.5. The number of rotatable bonds is 5. The zero-order valence-electron chi connectivity index (χ0n) is 17.5. The van der Waals surface area contributed by atoms with Gasteiger partial charge in [0, 0.05) is 11.1 Å². The van der Waals surface area contributed by atoms with Crippen LogP contribution in [0.3, 0.4) is 0 Å². The number of hydrogen-bond acceptors (Lipinski definition) is 6. The summed E-state index contributed by atoms with van der Waals surface area (Å²) in [7, 11) is -3.27. The van der Waals surface area contributed by atoms with E-state index in [0.29, 0.717) is 29.4 Å². The molecule has 2 aromatic carbocycles. The molecule has 1 amide bonds. The maximum Gasteiger partial charge on any atom is 0.291 e. The van der Waals surface area contributed by atoms with Crippen LogP contribution >= 0.6 is 11.6 Å². The van der Waals surface area contributed by atoms with Gasteiger partial charge in [-0.1, -0.05) is 36.4 Å². The Morgan fingerprint density at radius 2 is 1.94 bits per heavy atom. The average molecular weight is 486 g/mol. The first-order chi connectivity index (χ1) is 15.8. The Bertz CT molecular complexity index is 1440. The van der Waals surface area contributed by atoms with Crippen LogP contribution in [0.2, 0.25) is 5.02 Å².